The minimum atomic E-state index is 0. The number of hydrogen-bond acceptors (Lipinski definition) is 4. The molecule has 1 aromatic heterocycles. The summed E-state index contributed by atoms with van der Waals surface area (Å²) in [5.41, 5.74) is 1.28. The van der Waals surface area contributed by atoms with Gasteiger partial charge in [0.15, 0.2) is 5.82 Å². The van der Waals surface area contributed by atoms with Crippen LogP contribution in [0.2, 0.25) is 0 Å². The summed E-state index contributed by atoms with van der Waals surface area (Å²) in [6.07, 6.45) is 0.795. The topological polar surface area (TPSA) is 66.5 Å². The number of nitrogens with one attached hydrogen (secondary N) is 2. The van der Waals surface area contributed by atoms with E-state index in [4.69, 9.17) is 0 Å². The van der Waals surface area contributed by atoms with E-state index in [1.165, 1.54) is 5.56 Å². The normalized spacial score (nSPS) is 10.4. The number of nitrogens with zero attached hydrogens (tertiary/aromatic N) is 3. The number of rotatable bonds is 5. The van der Waals surface area contributed by atoms with Crippen molar-refractivity contribution in [2.75, 3.05) is 6.54 Å². The molecule has 0 bridgehead atoms. The maximum absolute atomic E-state index is 3.87. The van der Waals surface area contributed by atoms with Crippen LogP contribution in [-0.2, 0) is 13.0 Å². The number of tetrazole rings is 1. The van der Waals surface area contributed by atoms with E-state index < -0.39 is 0 Å². The van der Waals surface area contributed by atoms with Gasteiger partial charge in [-0.1, -0.05) is 35.5 Å². The van der Waals surface area contributed by atoms with E-state index in [0.717, 1.165) is 25.3 Å². The van der Waals surface area contributed by atoms with Crippen LogP contribution >= 0.6 is 0 Å². The molecular formula is C10H17N5. The van der Waals surface area contributed by atoms with Crippen LogP contribution in [0.15, 0.2) is 30.3 Å². The minimum Gasteiger partial charge on any atom is -0.312 e. The molecule has 0 aliphatic carbocycles. The van der Waals surface area contributed by atoms with Gasteiger partial charge in [-0.05, 0) is 5.56 Å². The van der Waals surface area contributed by atoms with Crippen molar-refractivity contribution in [3.05, 3.63) is 41.7 Å². The molecule has 5 heteroatoms. The van der Waals surface area contributed by atoms with Crippen LogP contribution in [-0.4, -0.2) is 27.2 Å². The lowest BCUT2D eigenvalue weighted by molar-refractivity contribution is 0.671. The Morgan fingerprint density at radius 1 is 1.27 bits per heavy atom. The van der Waals surface area contributed by atoms with E-state index in [0.29, 0.717) is 0 Å². The fourth-order valence-corrected chi connectivity index (χ4v) is 1.32. The Morgan fingerprint density at radius 3 is 2.87 bits per heavy atom. The summed E-state index contributed by atoms with van der Waals surface area (Å²) in [5, 5.41) is 17.0. The highest BCUT2D eigenvalue weighted by Crippen LogP contribution is 1.96. The van der Waals surface area contributed by atoms with Crippen LogP contribution in [0.3, 0.4) is 0 Å². The summed E-state index contributed by atoms with van der Waals surface area (Å²) in [5.74, 6) is 0.746. The standard InChI is InChI=1S/C10H13N5.2H2/c1-2-4-9(5-3-1)8-11-7-6-10-12-14-15-13-10;;/h1-5,11H,6-8H2,(H,12,13,14,15);2*1H. The third-order valence-corrected chi connectivity index (χ3v) is 2.09. The van der Waals surface area contributed by atoms with E-state index in [1.807, 2.05) is 18.2 Å². The van der Waals surface area contributed by atoms with Gasteiger partial charge in [0.25, 0.3) is 0 Å². The fraction of sp³-hybridized carbons (Fsp3) is 0.300. The van der Waals surface area contributed by atoms with Crippen molar-refractivity contribution in [2.45, 2.75) is 13.0 Å². The van der Waals surface area contributed by atoms with Crippen molar-refractivity contribution >= 4 is 0 Å². The molecule has 0 aliphatic heterocycles. The zero-order chi connectivity index (χ0) is 10.3. The lowest BCUT2D eigenvalue weighted by atomic mass is 10.2. The third kappa shape index (κ3) is 3.14. The van der Waals surface area contributed by atoms with Gasteiger partial charge in [0.1, 0.15) is 0 Å². The highest BCUT2D eigenvalue weighted by atomic mass is 15.5. The summed E-state index contributed by atoms with van der Waals surface area (Å²) >= 11 is 0. The second kappa shape index (κ2) is 5.21. The molecule has 0 spiro atoms. The maximum atomic E-state index is 3.87. The van der Waals surface area contributed by atoms with Crippen molar-refractivity contribution < 1.29 is 2.85 Å². The van der Waals surface area contributed by atoms with Crippen LogP contribution in [0.4, 0.5) is 0 Å². The molecule has 0 aliphatic rings. The maximum Gasteiger partial charge on any atom is 0.175 e. The second-order valence-corrected chi connectivity index (χ2v) is 3.24. The quantitative estimate of drug-likeness (QED) is 0.718. The molecular weight excluding hydrogens is 190 g/mol. The van der Waals surface area contributed by atoms with E-state index in [1.54, 1.807) is 0 Å². The highest BCUT2D eigenvalue weighted by Gasteiger charge is 1.96. The monoisotopic (exact) mass is 207 g/mol. The van der Waals surface area contributed by atoms with Gasteiger partial charge >= 0.3 is 0 Å². The summed E-state index contributed by atoms with van der Waals surface area (Å²) in [6, 6.07) is 10.3. The molecule has 2 rings (SSSR count). The molecule has 0 saturated carbocycles. The van der Waals surface area contributed by atoms with E-state index in [9.17, 15) is 0 Å². The first kappa shape index (κ1) is 9.79. The molecule has 0 saturated heterocycles. The van der Waals surface area contributed by atoms with Gasteiger partial charge in [-0.2, -0.15) is 5.21 Å². The first-order valence-corrected chi connectivity index (χ1v) is 4.92. The first-order valence-electron chi connectivity index (χ1n) is 4.92. The first-order chi connectivity index (χ1) is 7.45. The van der Waals surface area contributed by atoms with Gasteiger partial charge < -0.3 is 5.32 Å². The summed E-state index contributed by atoms with van der Waals surface area (Å²) in [6.45, 7) is 1.73. The predicted octanol–water partition coefficient (Wildman–Crippen LogP) is 1.02. The fourth-order valence-electron chi connectivity index (χ4n) is 1.32. The molecule has 15 heavy (non-hydrogen) atoms. The molecule has 0 atom stereocenters. The van der Waals surface area contributed by atoms with Crippen LogP contribution in [0.5, 0.6) is 0 Å². The number of aromatic amines is 1. The van der Waals surface area contributed by atoms with Gasteiger partial charge in [0.05, 0.1) is 0 Å². The predicted molar refractivity (Wildman–Crippen MR) is 60.3 cm³/mol. The SMILES string of the molecule is [HH].[HH].c1ccc(CNCCc2nn[nH]n2)cc1. The zero-order valence-electron chi connectivity index (χ0n) is 8.35. The van der Waals surface area contributed by atoms with E-state index >= 15 is 0 Å². The van der Waals surface area contributed by atoms with Crippen LogP contribution in [0.25, 0.3) is 0 Å². The van der Waals surface area contributed by atoms with E-state index in [2.05, 4.69) is 38.1 Å². The zero-order valence-corrected chi connectivity index (χ0v) is 8.35. The van der Waals surface area contributed by atoms with Gasteiger partial charge in [-0.25, -0.2) is 0 Å². The molecule has 2 N–H and O–H groups in total. The smallest absolute Gasteiger partial charge is 0.175 e. The Hall–Kier alpha value is -1.75. The van der Waals surface area contributed by atoms with Crippen molar-refractivity contribution in [3.63, 3.8) is 0 Å². The van der Waals surface area contributed by atoms with Crippen molar-refractivity contribution in [3.8, 4) is 0 Å². The molecule has 5 nitrogen and oxygen atoms in total. The summed E-state index contributed by atoms with van der Waals surface area (Å²) in [4.78, 5) is 0. The second-order valence-electron chi connectivity index (χ2n) is 3.24. The van der Waals surface area contributed by atoms with Crippen molar-refractivity contribution in [1.82, 2.24) is 25.9 Å². The Balaban J connectivity index is 0.00000128. The average molecular weight is 207 g/mol. The largest absolute Gasteiger partial charge is 0.312 e. The Labute approximate surface area is 90.9 Å². The molecule has 1 aromatic carbocycles. The molecule has 2 aromatic rings. The van der Waals surface area contributed by atoms with E-state index in [-0.39, 0.29) is 2.85 Å². The number of aromatic nitrogens is 4. The van der Waals surface area contributed by atoms with Crippen molar-refractivity contribution in [1.29, 1.82) is 0 Å². The number of benzene rings is 1. The van der Waals surface area contributed by atoms with Gasteiger partial charge in [-0.3, -0.25) is 0 Å². The molecule has 0 radical (unpaired) electrons. The third-order valence-electron chi connectivity index (χ3n) is 2.09. The average Bonchev–Trinajstić information content (AvgIpc) is 2.79. The van der Waals surface area contributed by atoms with Gasteiger partial charge in [0.2, 0.25) is 0 Å². The van der Waals surface area contributed by atoms with Crippen molar-refractivity contribution in [2.24, 2.45) is 0 Å². The Kier molecular flexibility index (Phi) is 3.40. The van der Waals surface area contributed by atoms with Crippen LogP contribution < -0.4 is 5.32 Å². The summed E-state index contributed by atoms with van der Waals surface area (Å²) < 4.78 is 0. The Bertz CT molecular complexity index is 379. The lowest BCUT2D eigenvalue weighted by Gasteiger charge is -2.02. The van der Waals surface area contributed by atoms with Crippen LogP contribution in [0.1, 0.15) is 14.2 Å². The minimum absolute atomic E-state index is 0. The molecule has 0 amide bonds. The molecule has 82 valence electrons. The Morgan fingerprint density at radius 2 is 2.13 bits per heavy atom. The molecule has 0 unspecified atom stereocenters. The van der Waals surface area contributed by atoms with Gasteiger partial charge in [0, 0.05) is 22.4 Å². The van der Waals surface area contributed by atoms with Gasteiger partial charge in [-0.15, -0.1) is 10.2 Å². The lowest BCUT2D eigenvalue weighted by Crippen LogP contribution is -2.17. The number of H-pyrrole nitrogens is 1. The molecule has 0 fully saturated rings. The highest BCUT2D eigenvalue weighted by molar-refractivity contribution is 5.14. The number of hydrogen-bond donors (Lipinski definition) is 2. The summed E-state index contributed by atoms with van der Waals surface area (Å²) in [7, 11) is 0. The van der Waals surface area contributed by atoms with Crippen LogP contribution in [0, 0.1) is 0 Å². The molecule has 1 heterocycles.